The maximum atomic E-state index is 13.0. The second-order valence-electron chi connectivity index (χ2n) is 8.16. The fourth-order valence-electron chi connectivity index (χ4n) is 3.24. The van der Waals surface area contributed by atoms with E-state index in [0.717, 1.165) is 5.56 Å². The molecule has 0 amide bonds. The fourth-order valence-corrected chi connectivity index (χ4v) is 6.82. The lowest BCUT2D eigenvalue weighted by molar-refractivity contribution is 0.273. The van der Waals surface area contributed by atoms with Crippen LogP contribution in [0.1, 0.15) is 26.3 Å². The third-order valence-electron chi connectivity index (χ3n) is 5.07. The third-order valence-corrected chi connectivity index (χ3v) is 9.59. The zero-order valence-corrected chi connectivity index (χ0v) is 20.1. The highest BCUT2D eigenvalue weighted by Gasteiger charge is 2.34. The van der Waals surface area contributed by atoms with E-state index in [4.69, 9.17) is 23.2 Å². The van der Waals surface area contributed by atoms with Crippen molar-refractivity contribution >= 4 is 43.2 Å². The molecule has 1 aliphatic rings. The summed E-state index contributed by atoms with van der Waals surface area (Å²) in [4.78, 5) is 0.121. The van der Waals surface area contributed by atoms with Crippen LogP contribution in [0.5, 0.6) is 0 Å². The molecule has 30 heavy (non-hydrogen) atoms. The van der Waals surface area contributed by atoms with Gasteiger partial charge in [0.15, 0.2) is 0 Å². The molecule has 0 aromatic heterocycles. The molecule has 164 valence electrons. The van der Waals surface area contributed by atoms with E-state index in [1.807, 2.05) is 12.1 Å². The summed E-state index contributed by atoms with van der Waals surface area (Å²) in [5.74, 6) is 0. The Balaban J connectivity index is 1.77. The molecule has 0 spiro atoms. The van der Waals surface area contributed by atoms with Crippen LogP contribution in [-0.4, -0.2) is 51.6 Å². The number of halogens is 2. The number of rotatable bonds is 4. The summed E-state index contributed by atoms with van der Waals surface area (Å²) in [7, 11) is -7.58. The third kappa shape index (κ3) is 4.69. The van der Waals surface area contributed by atoms with E-state index in [1.165, 1.54) is 26.8 Å². The number of benzene rings is 2. The molecule has 0 atom stereocenters. The smallest absolute Gasteiger partial charge is 0.207 e. The van der Waals surface area contributed by atoms with Crippen molar-refractivity contribution < 1.29 is 16.8 Å². The molecule has 1 saturated heterocycles. The van der Waals surface area contributed by atoms with Crippen LogP contribution in [0.2, 0.25) is 10.0 Å². The van der Waals surface area contributed by atoms with Crippen LogP contribution in [0, 0.1) is 0 Å². The lowest BCUT2D eigenvalue weighted by Gasteiger charge is -2.33. The molecule has 0 bridgehead atoms. The van der Waals surface area contributed by atoms with Crippen molar-refractivity contribution in [1.82, 2.24) is 8.61 Å². The van der Waals surface area contributed by atoms with Crippen LogP contribution in [-0.2, 0) is 25.5 Å². The topological polar surface area (TPSA) is 74.8 Å². The maximum Gasteiger partial charge on any atom is 0.244 e. The quantitative estimate of drug-likeness (QED) is 0.649. The predicted molar refractivity (Wildman–Crippen MR) is 119 cm³/mol. The molecule has 1 aliphatic heterocycles. The Hall–Kier alpha value is -1.16. The van der Waals surface area contributed by atoms with E-state index in [9.17, 15) is 16.8 Å². The van der Waals surface area contributed by atoms with Gasteiger partial charge < -0.3 is 0 Å². The van der Waals surface area contributed by atoms with Gasteiger partial charge in [0.05, 0.1) is 9.92 Å². The predicted octanol–water partition coefficient (Wildman–Crippen LogP) is 3.99. The molecule has 2 aromatic rings. The van der Waals surface area contributed by atoms with Gasteiger partial charge in [-0.25, -0.2) is 16.8 Å². The van der Waals surface area contributed by atoms with Crippen LogP contribution in [0.4, 0.5) is 0 Å². The van der Waals surface area contributed by atoms with Gasteiger partial charge in [0.1, 0.15) is 4.90 Å². The van der Waals surface area contributed by atoms with Crippen molar-refractivity contribution in [2.24, 2.45) is 0 Å². The second-order valence-corrected chi connectivity index (χ2v) is 12.8. The average molecular weight is 491 g/mol. The Bertz CT molecular complexity index is 1130. The Morgan fingerprint density at radius 3 is 1.77 bits per heavy atom. The Morgan fingerprint density at radius 2 is 1.27 bits per heavy atom. The van der Waals surface area contributed by atoms with Crippen molar-refractivity contribution in [3.8, 4) is 0 Å². The normalized spacial score (nSPS) is 17.2. The number of hydrogen-bond donors (Lipinski definition) is 0. The Kier molecular flexibility index (Phi) is 6.59. The van der Waals surface area contributed by atoms with Crippen LogP contribution in [0.15, 0.2) is 52.3 Å². The summed E-state index contributed by atoms with van der Waals surface area (Å²) in [5, 5.41) is 0.339. The van der Waals surface area contributed by atoms with Gasteiger partial charge in [-0.1, -0.05) is 56.1 Å². The summed E-state index contributed by atoms with van der Waals surface area (Å²) >= 11 is 12.0. The molecule has 0 N–H and O–H groups in total. The average Bonchev–Trinajstić information content (AvgIpc) is 2.69. The molecule has 3 rings (SSSR count). The molecule has 0 saturated carbocycles. The van der Waals surface area contributed by atoms with E-state index in [-0.39, 0.29) is 51.4 Å². The first-order valence-corrected chi connectivity index (χ1v) is 13.0. The summed E-state index contributed by atoms with van der Waals surface area (Å²) in [5.41, 5.74) is 0.958. The van der Waals surface area contributed by atoms with E-state index < -0.39 is 20.0 Å². The first kappa shape index (κ1) is 23.5. The number of piperazine rings is 1. The molecule has 10 heteroatoms. The second kappa shape index (κ2) is 8.41. The van der Waals surface area contributed by atoms with Crippen molar-refractivity contribution in [2.75, 3.05) is 26.2 Å². The molecule has 0 radical (unpaired) electrons. The highest BCUT2D eigenvalue weighted by Crippen LogP contribution is 2.29. The molecule has 2 aromatic carbocycles. The largest absolute Gasteiger partial charge is 0.244 e. The molecule has 1 fully saturated rings. The van der Waals surface area contributed by atoms with Gasteiger partial charge in [0, 0.05) is 31.2 Å². The van der Waals surface area contributed by atoms with Gasteiger partial charge in [-0.3, -0.25) is 0 Å². The number of nitrogens with zero attached hydrogens (tertiary/aromatic N) is 2. The van der Waals surface area contributed by atoms with Crippen molar-refractivity contribution in [3.05, 3.63) is 58.1 Å². The highest BCUT2D eigenvalue weighted by molar-refractivity contribution is 7.89. The zero-order chi connectivity index (χ0) is 22.3. The molecular formula is C20H24Cl2N2O4S2. The minimum Gasteiger partial charge on any atom is -0.207 e. The molecule has 0 aliphatic carbocycles. The standard InChI is InChI=1S/C20H24Cl2N2O4S2/c1-20(2,3)15-4-7-17(8-5-15)29(25,26)23-10-12-24(13-11-23)30(27,28)19-14-16(21)6-9-18(19)22/h4-9,14H,10-13H2,1-3H3. The maximum absolute atomic E-state index is 13.0. The number of hydrogen-bond acceptors (Lipinski definition) is 4. The monoisotopic (exact) mass is 490 g/mol. The molecular weight excluding hydrogens is 467 g/mol. The van der Waals surface area contributed by atoms with E-state index in [1.54, 1.807) is 12.1 Å². The van der Waals surface area contributed by atoms with Crippen LogP contribution < -0.4 is 0 Å². The minimum absolute atomic E-state index is 0.0322. The first-order chi connectivity index (χ1) is 13.8. The zero-order valence-electron chi connectivity index (χ0n) is 17.0. The van der Waals surface area contributed by atoms with Gasteiger partial charge >= 0.3 is 0 Å². The van der Waals surface area contributed by atoms with E-state index in [0.29, 0.717) is 0 Å². The lowest BCUT2D eigenvalue weighted by atomic mass is 9.87. The van der Waals surface area contributed by atoms with Gasteiger partial charge in [-0.2, -0.15) is 8.61 Å². The van der Waals surface area contributed by atoms with Crippen LogP contribution in [0.3, 0.4) is 0 Å². The van der Waals surface area contributed by atoms with Gasteiger partial charge in [-0.05, 0) is 41.3 Å². The summed E-state index contributed by atoms with van der Waals surface area (Å²) in [6.07, 6.45) is 0. The van der Waals surface area contributed by atoms with Crippen molar-refractivity contribution in [3.63, 3.8) is 0 Å². The van der Waals surface area contributed by atoms with Crippen molar-refractivity contribution in [2.45, 2.75) is 36.0 Å². The Morgan fingerprint density at radius 1 is 0.767 bits per heavy atom. The lowest BCUT2D eigenvalue weighted by Crippen LogP contribution is -2.50. The van der Waals surface area contributed by atoms with Gasteiger partial charge in [-0.15, -0.1) is 0 Å². The Labute approximate surface area is 188 Å². The van der Waals surface area contributed by atoms with Crippen LogP contribution in [0.25, 0.3) is 0 Å². The molecule has 1 heterocycles. The van der Waals surface area contributed by atoms with Gasteiger partial charge in [0.2, 0.25) is 20.0 Å². The summed E-state index contributed by atoms with van der Waals surface area (Å²) < 4.78 is 54.4. The number of sulfonamides is 2. The van der Waals surface area contributed by atoms with Crippen molar-refractivity contribution in [1.29, 1.82) is 0 Å². The fraction of sp³-hybridized carbons (Fsp3) is 0.400. The van der Waals surface area contributed by atoms with Crippen LogP contribution >= 0.6 is 23.2 Å². The first-order valence-electron chi connectivity index (χ1n) is 9.39. The van der Waals surface area contributed by atoms with E-state index in [2.05, 4.69) is 20.8 Å². The SMILES string of the molecule is CC(C)(C)c1ccc(S(=O)(=O)N2CCN(S(=O)(=O)c3cc(Cl)ccc3Cl)CC2)cc1. The van der Waals surface area contributed by atoms with E-state index >= 15 is 0 Å². The molecule has 6 nitrogen and oxygen atoms in total. The van der Waals surface area contributed by atoms with Gasteiger partial charge in [0.25, 0.3) is 0 Å². The minimum atomic E-state index is -3.88. The highest BCUT2D eigenvalue weighted by atomic mass is 35.5. The summed E-state index contributed by atoms with van der Waals surface area (Å²) in [6, 6.07) is 11.1. The summed E-state index contributed by atoms with van der Waals surface area (Å²) in [6.45, 7) is 6.35. The molecule has 0 unspecified atom stereocenters.